The lowest BCUT2D eigenvalue weighted by Crippen LogP contribution is -2.46. The van der Waals surface area contributed by atoms with Gasteiger partial charge in [-0.3, -0.25) is 4.79 Å². The average molecular weight is 262 g/mol. The van der Waals surface area contributed by atoms with Crippen LogP contribution in [-0.4, -0.2) is 43.7 Å². The molecule has 19 heavy (non-hydrogen) atoms. The van der Waals surface area contributed by atoms with Crippen molar-refractivity contribution >= 4 is 5.91 Å². The van der Waals surface area contributed by atoms with Crippen molar-refractivity contribution in [1.29, 1.82) is 0 Å². The van der Waals surface area contributed by atoms with E-state index < -0.39 is 0 Å². The third-order valence-corrected chi connectivity index (χ3v) is 3.68. The monoisotopic (exact) mass is 262 g/mol. The van der Waals surface area contributed by atoms with E-state index in [4.69, 9.17) is 10.5 Å². The molecule has 2 N–H and O–H groups in total. The molecule has 1 unspecified atom stereocenters. The van der Waals surface area contributed by atoms with E-state index in [0.717, 1.165) is 6.42 Å². The molecule has 0 radical (unpaired) electrons. The summed E-state index contributed by atoms with van der Waals surface area (Å²) < 4.78 is 5.28. The number of amides is 1. The Bertz CT molecular complexity index is 428. The molecule has 1 aliphatic heterocycles. The first kappa shape index (κ1) is 14.0. The summed E-state index contributed by atoms with van der Waals surface area (Å²) in [6.07, 6.45) is 0.722. The number of rotatable bonds is 4. The van der Waals surface area contributed by atoms with Gasteiger partial charge in [-0.25, -0.2) is 0 Å². The fraction of sp³-hybridized carbons (Fsp3) is 0.533. The van der Waals surface area contributed by atoms with Crippen molar-refractivity contribution in [2.45, 2.75) is 13.3 Å². The lowest BCUT2D eigenvalue weighted by Gasteiger charge is -2.30. The molecule has 1 heterocycles. The van der Waals surface area contributed by atoms with E-state index in [2.05, 4.69) is 19.1 Å². The van der Waals surface area contributed by atoms with Gasteiger partial charge in [-0.1, -0.05) is 24.3 Å². The maximum atomic E-state index is 12.4. The summed E-state index contributed by atoms with van der Waals surface area (Å²) in [4.78, 5) is 14.3. The van der Waals surface area contributed by atoms with Crippen LogP contribution in [0.1, 0.15) is 11.1 Å². The van der Waals surface area contributed by atoms with Gasteiger partial charge in [0.05, 0.1) is 19.1 Å². The van der Waals surface area contributed by atoms with E-state index in [1.165, 1.54) is 11.1 Å². The van der Waals surface area contributed by atoms with Gasteiger partial charge in [-0.15, -0.1) is 0 Å². The molecular formula is C15H22N2O2. The standard InChI is InChI=1S/C15H22N2O2/c1-12-4-2-3-5-13(12)10-14(11-16)15(18)17-6-8-19-9-7-17/h2-5,14H,6-11,16H2,1H3. The first-order valence-corrected chi connectivity index (χ1v) is 6.83. The molecule has 2 rings (SSSR count). The Morgan fingerprint density at radius 1 is 1.37 bits per heavy atom. The van der Waals surface area contributed by atoms with Crippen LogP contribution in [0.25, 0.3) is 0 Å². The minimum Gasteiger partial charge on any atom is -0.378 e. The number of aryl methyl sites for hydroxylation is 1. The highest BCUT2D eigenvalue weighted by Crippen LogP contribution is 2.15. The van der Waals surface area contributed by atoms with Gasteiger partial charge in [0.15, 0.2) is 0 Å². The van der Waals surface area contributed by atoms with Crippen molar-refractivity contribution in [2.24, 2.45) is 11.7 Å². The van der Waals surface area contributed by atoms with Crippen molar-refractivity contribution in [2.75, 3.05) is 32.8 Å². The summed E-state index contributed by atoms with van der Waals surface area (Å²) in [5.41, 5.74) is 8.23. The summed E-state index contributed by atoms with van der Waals surface area (Å²) in [7, 11) is 0. The van der Waals surface area contributed by atoms with Crippen molar-refractivity contribution in [1.82, 2.24) is 4.90 Å². The van der Waals surface area contributed by atoms with Crippen molar-refractivity contribution < 1.29 is 9.53 Å². The molecule has 1 atom stereocenters. The number of hydrogen-bond acceptors (Lipinski definition) is 3. The van der Waals surface area contributed by atoms with E-state index in [1.54, 1.807) is 0 Å². The van der Waals surface area contributed by atoms with Gasteiger partial charge in [0.1, 0.15) is 0 Å². The highest BCUT2D eigenvalue weighted by Gasteiger charge is 2.25. The highest BCUT2D eigenvalue weighted by molar-refractivity contribution is 5.79. The Morgan fingerprint density at radius 3 is 2.68 bits per heavy atom. The van der Waals surface area contributed by atoms with E-state index in [1.807, 2.05) is 17.0 Å². The van der Waals surface area contributed by atoms with Gasteiger partial charge in [0.2, 0.25) is 5.91 Å². The van der Waals surface area contributed by atoms with E-state index in [9.17, 15) is 4.79 Å². The topological polar surface area (TPSA) is 55.6 Å². The summed E-state index contributed by atoms with van der Waals surface area (Å²) in [6.45, 7) is 5.10. The molecule has 1 fully saturated rings. The Hall–Kier alpha value is -1.39. The normalized spacial score (nSPS) is 17.3. The van der Waals surface area contributed by atoms with Crippen molar-refractivity contribution in [3.63, 3.8) is 0 Å². The van der Waals surface area contributed by atoms with Crippen LogP contribution in [0.15, 0.2) is 24.3 Å². The zero-order chi connectivity index (χ0) is 13.7. The van der Waals surface area contributed by atoms with Crippen molar-refractivity contribution in [3.05, 3.63) is 35.4 Å². The number of hydrogen-bond donors (Lipinski definition) is 1. The first-order chi connectivity index (χ1) is 9.22. The van der Waals surface area contributed by atoms with Crippen LogP contribution in [-0.2, 0) is 16.0 Å². The number of nitrogens with zero attached hydrogens (tertiary/aromatic N) is 1. The van der Waals surface area contributed by atoms with Gasteiger partial charge in [-0.05, 0) is 24.5 Å². The molecule has 0 aliphatic carbocycles. The molecule has 4 nitrogen and oxygen atoms in total. The number of benzene rings is 1. The van der Waals surface area contributed by atoms with E-state index in [-0.39, 0.29) is 11.8 Å². The smallest absolute Gasteiger partial charge is 0.227 e. The molecule has 0 saturated carbocycles. The predicted octanol–water partition coefficient (Wildman–Crippen LogP) is 0.971. The summed E-state index contributed by atoms with van der Waals surface area (Å²) >= 11 is 0. The minimum atomic E-state index is -0.126. The fourth-order valence-electron chi connectivity index (χ4n) is 2.42. The first-order valence-electron chi connectivity index (χ1n) is 6.83. The zero-order valence-electron chi connectivity index (χ0n) is 11.5. The van der Waals surface area contributed by atoms with Gasteiger partial charge >= 0.3 is 0 Å². The Labute approximate surface area is 114 Å². The molecule has 0 aromatic heterocycles. The second-order valence-electron chi connectivity index (χ2n) is 5.00. The van der Waals surface area contributed by atoms with Crippen LogP contribution in [0, 0.1) is 12.8 Å². The van der Waals surface area contributed by atoms with Crippen molar-refractivity contribution in [3.8, 4) is 0 Å². The molecule has 1 saturated heterocycles. The fourth-order valence-corrected chi connectivity index (χ4v) is 2.42. The Kier molecular flexibility index (Phi) is 4.93. The summed E-state index contributed by atoms with van der Waals surface area (Å²) in [5, 5.41) is 0. The molecule has 4 heteroatoms. The van der Waals surface area contributed by atoms with Crippen LogP contribution in [0.3, 0.4) is 0 Å². The molecule has 0 bridgehead atoms. The van der Waals surface area contributed by atoms with E-state index >= 15 is 0 Å². The van der Waals surface area contributed by atoms with E-state index in [0.29, 0.717) is 32.8 Å². The largest absolute Gasteiger partial charge is 0.378 e. The van der Waals surface area contributed by atoms with Gasteiger partial charge in [0, 0.05) is 19.6 Å². The van der Waals surface area contributed by atoms with Crippen LogP contribution >= 0.6 is 0 Å². The Balaban J connectivity index is 2.03. The van der Waals surface area contributed by atoms with Gasteiger partial charge < -0.3 is 15.4 Å². The lowest BCUT2D eigenvalue weighted by molar-refractivity contribution is -0.139. The lowest BCUT2D eigenvalue weighted by atomic mass is 9.95. The quantitative estimate of drug-likeness (QED) is 0.879. The second-order valence-corrected chi connectivity index (χ2v) is 5.00. The third kappa shape index (κ3) is 3.55. The number of carbonyl (C=O) groups excluding carboxylic acids is 1. The molecule has 1 aliphatic rings. The Morgan fingerprint density at radius 2 is 2.05 bits per heavy atom. The minimum absolute atomic E-state index is 0.126. The van der Waals surface area contributed by atoms with Crippen LogP contribution in [0.4, 0.5) is 0 Å². The van der Waals surface area contributed by atoms with Gasteiger partial charge in [-0.2, -0.15) is 0 Å². The summed E-state index contributed by atoms with van der Waals surface area (Å²) in [5.74, 6) is 0.0354. The maximum Gasteiger partial charge on any atom is 0.227 e. The molecular weight excluding hydrogens is 240 g/mol. The number of nitrogens with two attached hydrogens (primary N) is 1. The van der Waals surface area contributed by atoms with Crippen LogP contribution in [0.2, 0.25) is 0 Å². The van der Waals surface area contributed by atoms with Crippen LogP contribution < -0.4 is 5.73 Å². The SMILES string of the molecule is Cc1ccccc1CC(CN)C(=O)N1CCOCC1. The third-order valence-electron chi connectivity index (χ3n) is 3.68. The van der Waals surface area contributed by atoms with Crippen LogP contribution in [0.5, 0.6) is 0 Å². The molecule has 1 amide bonds. The second kappa shape index (κ2) is 6.68. The zero-order valence-corrected chi connectivity index (χ0v) is 11.5. The number of ether oxygens (including phenoxy) is 1. The molecule has 0 spiro atoms. The molecule has 1 aromatic carbocycles. The molecule has 104 valence electrons. The highest BCUT2D eigenvalue weighted by atomic mass is 16.5. The predicted molar refractivity (Wildman–Crippen MR) is 74.8 cm³/mol. The molecule has 1 aromatic rings. The number of carbonyl (C=O) groups is 1. The van der Waals surface area contributed by atoms with Gasteiger partial charge in [0.25, 0.3) is 0 Å². The maximum absolute atomic E-state index is 12.4. The summed E-state index contributed by atoms with van der Waals surface area (Å²) in [6, 6.07) is 8.17. The number of morpholine rings is 1. The average Bonchev–Trinajstić information content (AvgIpc) is 2.47.